The number of halogens is 1. The van der Waals surface area contributed by atoms with Crippen LogP contribution in [0.1, 0.15) is 5.56 Å². The van der Waals surface area contributed by atoms with E-state index < -0.39 is 0 Å². The first-order valence-electron chi connectivity index (χ1n) is 3.10. The SMILES string of the molecule is Cc1ccc(I)c(O)c(=O)c1. The summed E-state index contributed by atoms with van der Waals surface area (Å²) in [5.41, 5.74) is 0.533. The van der Waals surface area contributed by atoms with Crippen molar-refractivity contribution in [2.24, 2.45) is 0 Å². The molecule has 0 spiro atoms. The molecule has 0 radical (unpaired) electrons. The van der Waals surface area contributed by atoms with E-state index in [9.17, 15) is 9.90 Å². The van der Waals surface area contributed by atoms with Crippen molar-refractivity contribution >= 4 is 22.6 Å². The fourth-order valence-electron chi connectivity index (χ4n) is 0.724. The van der Waals surface area contributed by atoms with Crippen molar-refractivity contribution in [3.8, 4) is 5.75 Å². The molecule has 0 heterocycles. The summed E-state index contributed by atoms with van der Waals surface area (Å²) < 4.78 is 0.584. The fourth-order valence-corrected chi connectivity index (χ4v) is 1.17. The summed E-state index contributed by atoms with van der Waals surface area (Å²) in [5, 5.41) is 9.17. The Kier molecular flexibility index (Phi) is 2.49. The molecule has 0 aliphatic rings. The van der Waals surface area contributed by atoms with E-state index in [1.165, 1.54) is 6.07 Å². The summed E-state index contributed by atoms with van der Waals surface area (Å²) in [6, 6.07) is 4.92. The van der Waals surface area contributed by atoms with Gasteiger partial charge >= 0.3 is 0 Å². The van der Waals surface area contributed by atoms with E-state index in [1.54, 1.807) is 12.1 Å². The summed E-state index contributed by atoms with van der Waals surface area (Å²) in [6.07, 6.45) is 0. The molecule has 0 saturated carbocycles. The Bertz CT molecular complexity index is 333. The molecule has 1 rings (SSSR count). The lowest BCUT2D eigenvalue weighted by molar-refractivity contribution is 0.467. The van der Waals surface area contributed by atoms with Crippen LogP contribution in [0.15, 0.2) is 23.0 Å². The van der Waals surface area contributed by atoms with Crippen LogP contribution in [0, 0.1) is 10.5 Å². The lowest BCUT2D eigenvalue weighted by atomic mass is 10.3. The largest absolute Gasteiger partial charge is 0.503 e. The maximum Gasteiger partial charge on any atom is 0.221 e. The van der Waals surface area contributed by atoms with Crippen molar-refractivity contribution in [1.82, 2.24) is 0 Å². The second kappa shape index (κ2) is 3.21. The average Bonchev–Trinajstić information content (AvgIpc) is 2.05. The van der Waals surface area contributed by atoms with Crippen LogP contribution in [0.2, 0.25) is 0 Å². The van der Waals surface area contributed by atoms with Crippen molar-refractivity contribution in [2.75, 3.05) is 0 Å². The van der Waals surface area contributed by atoms with Gasteiger partial charge in [-0.1, -0.05) is 6.07 Å². The number of aromatic hydroxyl groups is 1. The van der Waals surface area contributed by atoms with Gasteiger partial charge < -0.3 is 5.11 Å². The van der Waals surface area contributed by atoms with Crippen LogP contribution in [0.4, 0.5) is 0 Å². The van der Waals surface area contributed by atoms with Gasteiger partial charge in [-0.15, -0.1) is 0 Å². The maximum absolute atomic E-state index is 11.0. The molecule has 11 heavy (non-hydrogen) atoms. The summed E-state index contributed by atoms with van der Waals surface area (Å²) in [6.45, 7) is 1.82. The molecule has 0 aromatic heterocycles. The van der Waals surface area contributed by atoms with Crippen LogP contribution < -0.4 is 5.43 Å². The minimum absolute atomic E-state index is 0.168. The highest BCUT2D eigenvalue weighted by atomic mass is 127. The van der Waals surface area contributed by atoms with Gasteiger partial charge in [0.1, 0.15) is 0 Å². The van der Waals surface area contributed by atoms with Crippen LogP contribution in [-0.2, 0) is 0 Å². The molecule has 1 N–H and O–H groups in total. The molecule has 1 aromatic rings. The molecule has 0 aliphatic carbocycles. The molecule has 0 bridgehead atoms. The van der Waals surface area contributed by atoms with Crippen LogP contribution in [0.3, 0.4) is 0 Å². The van der Waals surface area contributed by atoms with Crippen LogP contribution in [0.25, 0.3) is 0 Å². The first-order chi connectivity index (χ1) is 5.11. The van der Waals surface area contributed by atoms with E-state index in [0.29, 0.717) is 3.57 Å². The zero-order valence-corrected chi connectivity index (χ0v) is 8.12. The minimum Gasteiger partial charge on any atom is -0.503 e. The molecule has 0 amide bonds. The van der Waals surface area contributed by atoms with Gasteiger partial charge in [0.15, 0.2) is 5.75 Å². The number of hydrogen-bond donors (Lipinski definition) is 1. The Hall–Kier alpha value is -0.580. The zero-order chi connectivity index (χ0) is 8.43. The predicted octanol–water partition coefficient (Wildman–Crippen LogP) is 1.67. The standard InChI is InChI=1S/C8H7IO2/c1-5-2-3-6(9)8(11)7(10)4-5/h2-4H,1H3,(H,10,11). The number of rotatable bonds is 0. The fraction of sp³-hybridized carbons (Fsp3) is 0.125. The lowest BCUT2D eigenvalue weighted by Gasteiger charge is -1.83. The molecule has 3 heteroatoms. The maximum atomic E-state index is 11.0. The second-order valence-electron chi connectivity index (χ2n) is 2.28. The first kappa shape index (κ1) is 8.52. The second-order valence-corrected chi connectivity index (χ2v) is 3.44. The third kappa shape index (κ3) is 1.92. The zero-order valence-electron chi connectivity index (χ0n) is 5.97. The van der Waals surface area contributed by atoms with Crippen molar-refractivity contribution in [3.05, 3.63) is 37.6 Å². The molecule has 0 fully saturated rings. The van der Waals surface area contributed by atoms with Gasteiger partial charge in [0.05, 0.1) is 3.57 Å². The molecule has 0 saturated heterocycles. The van der Waals surface area contributed by atoms with Crippen molar-refractivity contribution in [3.63, 3.8) is 0 Å². The van der Waals surface area contributed by atoms with Gasteiger partial charge in [0.25, 0.3) is 0 Å². The summed E-state index contributed by atoms with van der Waals surface area (Å²) in [7, 11) is 0. The summed E-state index contributed by atoms with van der Waals surface area (Å²) in [4.78, 5) is 11.0. The normalized spacial score (nSPS) is 9.64. The van der Waals surface area contributed by atoms with Gasteiger partial charge in [-0.2, -0.15) is 0 Å². The highest BCUT2D eigenvalue weighted by molar-refractivity contribution is 14.1. The van der Waals surface area contributed by atoms with Gasteiger partial charge in [-0.25, -0.2) is 0 Å². The van der Waals surface area contributed by atoms with E-state index in [-0.39, 0.29) is 11.2 Å². The molecular weight excluding hydrogens is 255 g/mol. The van der Waals surface area contributed by atoms with Crippen LogP contribution >= 0.6 is 22.6 Å². The molecule has 0 atom stereocenters. The molecule has 0 unspecified atom stereocenters. The Morgan fingerprint density at radius 3 is 2.73 bits per heavy atom. The van der Waals surface area contributed by atoms with Crippen molar-refractivity contribution in [1.29, 1.82) is 0 Å². The van der Waals surface area contributed by atoms with E-state index in [4.69, 9.17) is 0 Å². The Morgan fingerprint density at radius 1 is 1.45 bits per heavy atom. The highest BCUT2D eigenvalue weighted by Gasteiger charge is 1.98. The number of aryl methyl sites for hydroxylation is 1. The van der Waals surface area contributed by atoms with Gasteiger partial charge in [0, 0.05) is 0 Å². The molecule has 2 nitrogen and oxygen atoms in total. The van der Waals surface area contributed by atoms with Crippen molar-refractivity contribution in [2.45, 2.75) is 6.92 Å². The lowest BCUT2D eigenvalue weighted by Crippen LogP contribution is -1.94. The van der Waals surface area contributed by atoms with Gasteiger partial charge in [-0.05, 0) is 47.2 Å². The van der Waals surface area contributed by atoms with Crippen molar-refractivity contribution < 1.29 is 5.11 Å². The van der Waals surface area contributed by atoms with E-state index >= 15 is 0 Å². The molecule has 58 valence electrons. The highest BCUT2D eigenvalue weighted by Crippen LogP contribution is 2.12. The third-order valence-electron chi connectivity index (χ3n) is 1.31. The smallest absolute Gasteiger partial charge is 0.221 e. The third-order valence-corrected chi connectivity index (χ3v) is 2.18. The summed E-state index contributed by atoms with van der Waals surface area (Å²) >= 11 is 1.92. The van der Waals surface area contributed by atoms with Crippen LogP contribution in [-0.4, -0.2) is 5.11 Å². The van der Waals surface area contributed by atoms with E-state index in [2.05, 4.69) is 0 Å². The van der Waals surface area contributed by atoms with Gasteiger partial charge in [-0.3, -0.25) is 4.79 Å². The average molecular weight is 262 g/mol. The Labute approximate surface area is 78.0 Å². The number of hydrogen-bond acceptors (Lipinski definition) is 2. The van der Waals surface area contributed by atoms with Crippen LogP contribution in [0.5, 0.6) is 5.75 Å². The monoisotopic (exact) mass is 262 g/mol. The quantitative estimate of drug-likeness (QED) is 0.722. The topological polar surface area (TPSA) is 37.3 Å². The Morgan fingerprint density at radius 2 is 2.09 bits per heavy atom. The minimum atomic E-state index is -0.322. The van der Waals surface area contributed by atoms with E-state index in [0.717, 1.165) is 5.56 Å². The predicted molar refractivity (Wildman–Crippen MR) is 51.8 cm³/mol. The first-order valence-corrected chi connectivity index (χ1v) is 4.18. The molecule has 0 aliphatic heterocycles. The molecule has 1 aromatic carbocycles. The molecular formula is C8H7IO2. The van der Waals surface area contributed by atoms with E-state index in [1.807, 2.05) is 29.5 Å². The Balaban J connectivity index is 3.57. The summed E-state index contributed by atoms with van der Waals surface area (Å²) in [5.74, 6) is -0.168. The van der Waals surface area contributed by atoms with Gasteiger partial charge in [0.2, 0.25) is 5.43 Å².